The van der Waals surface area contributed by atoms with Crippen molar-refractivity contribution in [1.29, 1.82) is 0 Å². The number of aromatic nitrogens is 4. The molecule has 0 aliphatic heterocycles. The van der Waals surface area contributed by atoms with Crippen LogP contribution in [0.4, 0.5) is 5.69 Å². The Morgan fingerprint density at radius 3 is 2.73 bits per heavy atom. The molecule has 0 spiro atoms. The third kappa shape index (κ3) is 3.20. The molecule has 0 atom stereocenters. The minimum absolute atomic E-state index is 0.122. The van der Waals surface area contributed by atoms with Crippen molar-refractivity contribution in [2.24, 2.45) is 0 Å². The van der Waals surface area contributed by atoms with E-state index in [1.807, 2.05) is 68.4 Å². The van der Waals surface area contributed by atoms with Crippen LogP contribution in [0.15, 0.2) is 65.3 Å². The van der Waals surface area contributed by atoms with Gasteiger partial charge in [-0.15, -0.1) is 0 Å². The lowest BCUT2D eigenvalue weighted by molar-refractivity contribution is -0.115. The Labute approximate surface area is 172 Å². The normalized spacial score (nSPS) is 11.3. The topological polar surface area (TPSA) is 85.8 Å². The highest BCUT2D eigenvalue weighted by atomic mass is 16.5. The molecule has 0 saturated carbocycles. The van der Waals surface area contributed by atoms with E-state index in [2.05, 4.69) is 20.6 Å². The van der Waals surface area contributed by atoms with Gasteiger partial charge in [0.15, 0.2) is 11.2 Å². The van der Waals surface area contributed by atoms with E-state index < -0.39 is 0 Å². The zero-order valence-electron chi connectivity index (χ0n) is 16.6. The number of benzene rings is 2. The number of fused-ring (bicyclic) bond motifs is 2. The summed E-state index contributed by atoms with van der Waals surface area (Å²) >= 11 is 0. The first-order valence-electron chi connectivity index (χ1n) is 9.64. The first-order chi connectivity index (χ1) is 14.6. The van der Waals surface area contributed by atoms with E-state index in [1.165, 1.54) is 0 Å². The van der Waals surface area contributed by atoms with E-state index in [4.69, 9.17) is 4.52 Å². The average molecular weight is 397 g/mol. The number of para-hydroxylation sites is 1. The van der Waals surface area contributed by atoms with Gasteiger partial charge >= 0.3 is 0 Å². The van der Waals surface area contributed by atoms with Crippen molar-refractivity contribution in [1.82, 2.24) is 19.9 Å². The lowest BCUT2D eigenvalue weighted by Gasteiger charge is -2.05. The van der Waals surface area contributed by atoms with Crippen LogP contribution in [-0.2, 0) is 11.2 Å². The number of pyridine rings is 1. The average Bonchev–Trinajstić information content (AvgIpc) is 3.29. The number of nitrogens with one attached hydrogen (secondary N) is 1. The van der Waals surface area contributed by atoms with Gasteiger partial charge in [0.2, 0.25) is 5.91 Å². The predicted molar refractivity (Wildman–Crippen MR) is 115 cm³/mol. The van der Waals surface area contributed by atoms with Gasteiger partial charge in [-0.1, -0.05) is 35.0 Å². The Hall–Kier alpha value is -4.00. The van der Waals surface area contributed by atoms with Gasteiger partial charge < -0.3 is 9.84 Å². The minimum atomic E-state index is -0.180. The van der Waals surface area contributed by atoms with Gasteiger partial charge in [0.25, 0.3) is 0 Å². The Balaban J connectivity index is 1.40. The second-order valence-electron chi connectivity index (χ2n) is 7.28. The van der Waals surface area contributed by atoms with Crippen LogP contribution >= 0.6 is 0 Å². The number of carbonyl (C=O) groups is 1. The van der Waals surface area contributed by atoms with E-state index >= 15 is 0 Å². The fourth-order valence-corrected chi connectivity index (χ4v) is 3.55. The molecule has 7 heteroatoms. The summed E-state index contributed by atoms with van der Waals surface area (Å²) in [6.07, 6.45) is 1.77. The summed E-state index contributed by atoms with van der Waals surface area (Å²) in [5.41, 5.74) is 5.53. The van der Waals surface area contributed by atoms with Gasteiger partial charge in [-0.2, -0.15) is 5.10 Å². The fraction of sp³-hybridized carbons (Fsp3) is 0.130. The van der Waals surface area contributed by atoms with Crippen LogP contribution in [0.25, 0.3) is 27.7 Å². The highest BCUT2D eigenvalue weighted by Gasteiger charge is 2.15. The van der Waals surface area contributed by atoms with Gasteiger partial charge in [-0.25, -0.2) is 9.67 Å². The van der Waals surface area contributed by atoms with Crippen LogP contribution in [0.2, 0.25) is 0 Å². The molecule has 7 nitrogen and oxygen atoms in total. The van der Waals surface area contributed by atoms with Crippen LogP contribution in [-0.4, -0.2) is 25.8 Å². The number of aryl methyl sites for hydroxylation is 2. The summed E-state index contributed by atoms with van der Waals surface area (Å²) in [6.45, 7) is 3.92. The maximum atomic E-state index is 12.6. The van der Waals surface area contributed by atoms with Crippen LogP contribution in [0.1, 0.15) is 17.0 Å². The highest BCUT2D eigenvalue weighted by Crippen LogP contribution is 2.24. The van der Waals surface area contributed by atoms with Crippen molar-refractivity contribution in [3.05, 3.63) is 77.7 Å². The van der Waals surface area contributed by atoms with Gasteiger partial charge in [-0.3, -0.25) is 4.79 Å². The summed E-state index contributed by atoms with van der Waals surface area (Å²) in [7, 11) is 0. The summed E-state index contributed by atoms with van der Waals surface area (Å²) in [5.74, 6) is -0.180. The molecule has 2 aromatic carbocycles. The molecule has 148 valence electrons. The van der Waals surface area contributed by atoms with Crippen molar-refractivity contribution in [2.45, 2.75) is 20.3 Å². The van der Waals surface area contributed by atoms with E-state index in [-0.39, 0.29) is 12.3 Å². The molecule has 5 aromatic rings. The molecule has 0 bridgehead atoms. The van der Waals surface area contributed by atoms with Crippen LogP contribution < -0.4 is 5.32 Å². The molecule has 0 saturated heterocycles. The van der Waals surface area contributed by atoms with Crippen molar-refractivity contribution in [2.75, 3.05) is 5.32 Å². The molecule has 0 radical (unpaired) electrons. The second kappa shape index (κ2) is 7.11. The number of hydrogen-bond acceptors (Lipinski definition) is 5. The van der Waals surface area contributed by atoms with Crippen molar-refractivity contribution < 1.29 is 9.32 Å². The molecule has 0 fully saturated rings. The highest BCUT2D eigenvalue weighted by molar-refractivity contribution is 5.96. The molecule has 30 heavy (non-hydrogen) atoms. The van der Waals surface area contributed by atoms with Crippen molar-refractivity contribution >= 4 is 33.6 Å². The fourth-order valence-electron chi connectivity index (χ4n) is 3.55. The lowest BCUT2D eigenvalue weighted by Crippen LogP contribution is -2.15. The molecular formula is C23H19N5O2. The van der Waals surface area contributed by atoms with Crippen LogP contribution in [0.3, 0.4) is 0 Å². The number of nitrogens with zero attached hydrogens (tertiary/aromatic N) is 4. The zero-order valence-corrected chi connectivity index (χ0v) is 16.6. The number of rotatable bonds is 4. The number of amides is 1. The number of anilines is 1. The van der Waals surface area contributed by atoms with Crippen molar-refractivity contribution in [3.8, 4) is 5.69 Å². The Morgan fingerprint density at radius 1 is 1.07 bits per heavy atom. The van der Waals surface area contributed by atoms with E-state index in [1.54, 1.807) is 10.9 Å². The number of hydrogen-bond donors (Lipinski definition) is 1. The molecule has 3 heterocycles. The molecular weight excluding hydrogens is 378 g/mol. The standard InChI is InChI=1S/C23H19N5O2/c1-14-8-9-21-19(10-14)20(27-30-21)12-22(29)25-16-11-18-15(2)26-28(23(18)24-13-16)17-6-4-3-5-7-17/h3-11,13H,12H2,1-2H3,(H,25,29). The maximum Gasteiger partial charge on any atom is 0.230 e. The maximum absolute atomic E-state index is 12.6. The molecule has 5 rings (SSSR count). The van der Waals surface area contributed by atoms with Gasteiger partial charge in [-0.05, 0) is 44.2 Å². The Morgan fingerprint density at radius 2 is 1.90 bits per heavy atom. The first kappa shape index (κ1) is 18.1. The summed E-state index contributed by atoms with van der Waals surface area (Å²) in [4.78, 5) is 17.2. The van der Waals surface area contributed by atoms with E-state index in [9.17, 15) is 4.79 Å². The summed E-state index contributed by atoms with van der Waals surface area (Å²) < 4.78 is 7.13. The summed E-state index contributed by atoms with van der Waals surface area (Å²) in [5, 5.41) is 13.3. The smallest absolute Gasteiger partial charge is 0.230 e. The Bertz CT molecular complexity index is 1390. The molecule has 0 unspecified atom stereocenters. The van der Waals surface area contributed by atoms with E-state index in [0.717, 1.165) is 33.4 Å². The molecule has 0 aliphatic rings. The van der Waals surface area contributed by atoms with Gasteiger partial charge in [0.1, 0.15) is 5.69 Å². The molecule has 3 aromatic heterocycles. The third-order valence-corrected chi connectivity index (χ3v) is 5.02. The monoisotopic (exact) mass is 397 g/mol. The SMILES string of the molecule is Cc1ccc2onc(CC(=O)Nc3cnc4c(c3)c(C)nn4-c3ccccc3)c2c1. The van der Waals surface area contributed by atoms with Gasteiger partial charge in [0.05, 0.1) is 29.7 Å². The zero-order chi connectivity index (χ0) is 20.7. The Kier molecular flexibility index (Phi) is 4.28. The van der Waals surface area contributed by atoms with Crippen LogP contribution in [0.5, 0.6) is 0 Å². The van der Waals surface area contributed by atoms with Crippen LogP contribution in [0, 0.1) is 13.8 Å². The summed E-state index contributed by atoms with van der Waals surface area (Å²) in [6, 6.07) is 17.5. The quantitative estimate of drug-likeness (QED) is 0.487. The van der Waals surface area contributed by atoms with E-state index in [0.29, 0.717) is 17.0 Å². The lowest BCUT2D eigenvalue weighted by atomic mass is 10.1. The van der Waals surface area contributed by atoms with Gasteiger partial charge in [0, 0.05) is 10.8 Å². The second-order valence-corrected chi connectivity index (χ2v) is 7.28. The molecule has 0 aliphatic carbocycles. The third-order valence-electron chi connectivity index (χ3n) is 5.02. The van der Waals surface area contributed by atoms with Crippen molar-refractivity contribution in [3.63, 3.8) is 0 Å². The minimum Gasteiger partial charge on any atom is -0.356 e. The largest absolute Gasteiger partial charge is 0.356 e. The predicted octanol–water partition coefficient (Wildman–Crippen LogP) is 4.36. The number of carbonyl (C=O) groups excluding carboxylic acids is 1. The molecule has 1 amide bonds. The molecule has 1 N–H and O–H groups in total. The first-order valence-corrected chi connectivity index (χ1v) is 9.64.